The third-order valence-electron chi connectivity index (χ3n) is 1.73. The summed E-state index contributed by atoms with van der Waals surface area (Å²) < 4.78 is 65.9. The van der Waals surface area contributed by atoms with Crippen LogP contribution in [0.1, 0.15) is 5.56 Å². The number of alkyl halides is 3. The zero-order valence-corrected chi connectivity index (χ0v) is 9.67. The number of hydrogen-bond acceptors (Lipinski definition) is 5. The molecule has 0 aliphatic rings. The monoisotopic (exact) mass is 284 g/mol. The summed E-state index contributed by atoms with van der Waals surface area (Å²) in [6, 6.07) is 1.47. The molecular weight excluding hydrogens is 277 g/mol. The summed E-state index contributed by atoms with van der Waals surface area (Å²) in [7, 11) is -3.87. The first-order valence-electron chi connectivity index (χ1n) is 4.31. The largest absolute Gasteiger partial charge is 0.452 e. The van der Waals surface area contributed by atoms with Crippen molar-refractivity contribution in [3.05, 3.63) is 23.9 Å². The van der Waals surface area contributed by atoms with Crippen LogP contribution in [0.3, 0.4) is 0 Å². The molecule has 1 aromatic heterocycles. The summed E-state index contributed by atoms with van der Waals surface area (Å²) in [4.78, 5) is 13.9. The molecule has 1 heterocycles. The molecule has 0 atom stereocenters. The van der Waals surface area contributed by atoms with Gasteiger partial charge >= 0.3 is 12.3 Å². The van der Waals surface area contributed by atoms with E-state index in [1.807, 2.05) is 0 Å². The molecule has 0 saturated heterocycles. The average molecular weight is 284 g/mol. The van der Waals surface area contributed by atoms with Crippen molar-refractivity contribution >= 4 is 16.1 Å². The Kier molecular flexibility index (Phi) is 3.79. The Bertz CT molecular complexity index is 556. The molecule has 1 aromatic rings. The number of hydrogen-bond donors (Lipinski definition) is 1. The summed E-state index contributed by atoms with van der Waals surface area (Å²) in [5.74, 6) is 0. The van der Waals surface area contributed by atoms with Gasteiger partial charge in [0.25, 0.3) is 10.0 Å². The highest BCUT2D eigenvalue weighted by Gasteiger charge is 2.38. The van der Waals surface area contributed by atoms with Crippen LogP contribution >= 0.6 is 0 Å². The fourth-order valence-corrected chi connectivity index (χ4v) is 2.09. The van der Waals surface area contributed by atoms with Gasteiger partial charge in [0.1, 0.15) is 0 Å². The Balaban J connectivity index is 3.30. The lowest BCUT2D eigenvalue weighted by atomic mass is 10.3. The Morgan fingerprint density at radius 3 is 2.56 bits per heavy atom. The van der Waals surface area contributed by atoms with Crippen LogP contribution in [0.25, 0.3) is 0 Å². The molecule has 0 saturated carbocycles. The number of aromatic nitrogens is 1. The lowest BCUT2D eigenvalue weighted by Gasteiger charge is -2.11. The second-order valence-electron chi connectivity index (χ2n) is 2.95. The zero-order valence-electron chi connectivity index (χ0n) is 8.85. The number of methoxy groups -OCH3 is 1. The van der Waals surface area contributed by atoms with Gasteiger partial charge in [-0.1, -0.05) is 0 Å². The number of carbonyl (C=O) groups is 1. The molecule has 18 heavy (non-hydrogen) atoms. The predicted octanol–water partition coefficient (Wildman–Crippen LogP) is 1.15. The molecule has 0 aliphatic carbocycles. The highest BCUT2D eigenvalue weighted by Crippen LogP contribution is 2.32. The number of halogens is 3. The zero-order chi connectivity index (χ0) is 14.0. The number of nitrogens with zero attached hydrogens (tertiary/aromatic N) is 1. The minimum Gasteiger partial charge on any atom is -0.452 e. The summed E-state index contributed by atoms with van der Waals surface area (Å²) >= 11 is 0. The standard InChI is InChI=1S/C8H7F3N2O4S/c1-17-7(14)13-18(15,16)6-5(8(9,10)11)3-2-4-12-6/h2-4H,1H3,(H,13,14). The predicted molar refractivity (Wildman–Crippen MR) is 52.0 cm³/mol. The van der Waals surface area contributed by atoms with Gasteiger partial charge in [0.15, 0.2) is 5.03 Å². The maximum Gasteiger partial charge on any atom is 0.420 e. The Morgan fingerprint density at radius 2 is 2.06 bits per heavy atom. The van der Waals surface area contributed by atoms with Crippen LogP contribution in [0.5, 0.6) is 0 Å². The maximum absolute atomic E-state index is 12.5. The van der Waals surface area contributed by atoms with Crippen LogP contribution in [0, 0.1) is 0 Å². The van der Waals surface area contributed by atoms with Crippen LogP contribution in [0.4, 0.5) is 18.0 Å². The number of nitrogens with one attached hydrogen (secondary N) is 1. The number of rotatable bonds is 2. The van der Waals surface area contributed by atoms with E-state index in [0.29, 0.717) is 6.07 Å². The van der Waals surface area contributed by atoms with E-state index in [2.05, 4.69) is 9.72 Å². The Labute approximate surface area is 99.8 Å². The van der Waals surface area contributed by atoms with E-state index in [-0.39, 0.29) is 0 Å². The molecule has 0 bridgehead atoms. The molecule has 6 nitrogen and oxygen atoms in total. The van der Waals surface area contributed by atoms with Crippen LogP contribution < -0.4 is 4.72 Å². The summed E-state index contributed by atoms with van der Waals surface area (Å²) in [5, 5.41) is -1.29. The summed E-state index contributed by atoms with van der Waals surface area (Å²) in [6.07, 6.45) is -5.45. The van der Waals surface area contributed by atoms with Gasteiger partial charge in [0, 0.05) is 6.20 Å². The van der Waals surface area contributed by atoms with Crippen molar-refractivity contribution in [2.75, 3.05) is 7.11 Å². The molecule has 1 rings (SSSR count). The molecule has 0 spiro atoms. The molecule has 0 radical (unpaired) electrons. The first-order chi connectivity index (χ1) is 8.18. The van der Waals surface area contributed by atoms with Gasteiger partial charge in [0.2, 0.25) is 0 Å². The SMILES string of the molecule is COC(=O)NS(=O)(=O)c1ncccc1C(F)(F)F. The van der Waals surface area contributed by atoms with Crippen LogP contribution in [-0.2, 0) is 20.9 Å². The third-order valence-corrected chi connectivity index (χ3v) is 3.00. The third kappa shape index (κ3) is 3.09. The van der Waals surface area contributed by atoms with Gasteiger partial charge in [-0.3, -0.25) is 0 Å². The van der Waals surface area contributed by atoms with Crippen LogP contribution in [0.2, 0.25) is 0 Å². The van der Waals surface area contributed by atoms with Crippen molar-refractivity contribution in [2.24, 2.45) is 0 Å². The smallest absolute Gasteiger partial charge is 0.420 e. The molecule has 0 fully saturated rings. The van der Waals surface area contributed by atoms with Crippen molar-refractivity contribution in [3.63, 3.8) is 0 Å². The molecule has 1 N–H and O–H groups in total. The molecule has 0 aromatic carbocycles. The molecule has 1 amide bonds. The molecule has 0 unspecified atom stereocenters. The minimum atomic E-state index is -4.91. The van der Waals surface area contributed by atoms with Gasteiger partial charge in [-0.25, -0.2) is 14.5 Å². The summed E-state index contributed by atoms with van der Waals surface area (Å²) in [6.45, 7) is 0. The Morgan fingerprint density at radius 1 is 1.44 bits per heavy atom. The number of amides is 1. The van der Waals surface area contributed by atoms with Crippen molar-refractivity contribution < 1.29 is 31.1 Å². The molecule has 100 valence electrons. The first-order valence-corrected chi connectivity index (χ1v) is 5.80. The average Bonchev–Trinajstić information content (AvgIpc) is 2.27. The highest BCUT2D eigenvalue weighted by molar-refractivity contribution is 7.90. The van der Waals surface area contributed by atoms with Gasteiger partial charge in [0.05, 0.1) is 12.7 Å². The van der Waals surface area contributed by atoms with Gasteiger partial charge < -0.3 is 4.74 Å². The lowest BCUT2D eigenvalue weighted by Crippen LogP contribution is -2.32. The molecule has 0 aliphatic heterocycles. The normalized spacial score (nSPS) is 12.0. The lowest BCUT2D eigenvalue weighted by molar-refractivity contribution is -0.140. The maximum atomic E-state index is 12.5. The van der Waals surface area contributed by atoms with Crippen LogP contribution in [0.15, 0.2) is 23.4 Å². The topological polar surface area (TPSA) is 85.4 Å². The second kappa shape index (κ2) is 4.80. The van der Waals surface area contributed by atoms with Crippen molar-refractivity contribution in [1.82, 2.24) is 9.71 Å². The fourth-order valence-electron chi connectivity index (χ4n) is 1.02. The number of carbonyl (C=O) groups excluding carboxylic acids is 1. The number of sulfonamides is 1. The van der Waals surface area contributed by atoms with Crippen molar-refractivity contribution in [3.8, 4) is 0 Å². The quantitative estimate of drug-likeness (QED) is 0.880. The first kappa shape index (κ1) is 14.2. The van der Waals surface area contributed by atoms with Gasteiger partial charge in [-0.2, -0.15) is 21.6 Å². The van der Waals surface area contributed by atoms with E-state index in [9.17, 15) is 26.4 Å². The van der Waals surface area contributed by atoms with Gasteiger partial charge in [-0.15, -0.1) is 0 Å². The number of ether oxygens (including phenoxy) is 1. The van der Waals surface area contributed by atoms with Crippen LogP contribution in [-0.4, -0.2) is 26.6 Å². The summed E-state index contributed by atoms with van der Waals surface area (Å²) in [5.41, 5.74) is -1.47. The second-order valence-corrected chi connectivity index (χ2v) is 4.55. The van der Waals surface area contributed by atoms with E-state index in [1.54, 1.807) is 0 Å². The van der Waals surface area contributed by atoms with Crippen molar-refractivity contribution in [1.29, 1.82) is 0 Å². The van der Waals surface area contributed by atoms with E-state index < -0.39 is 32.9 Å². The number of pyridine rings is 1. The Hall–Kier alpha value is -1.84. The molecule has 10 heteroatoms. The van der Waals surface area contributed by atoms with E-state index in [0.717, 1.165) is 19.4 Å². The fraction of sp³-hybridized carbons (Fsp3) is 0.250. The van der Waals surface area contributed by atoms with E-state index >= 15 is 0 Å². The van der Waals surface area contributed by atoms with Gasteiger partial charge in [-0.05, 0) is 12.1 Å². The van der Waals surface area contributed by atoms with E-state index in [4.69, 9.17) is 0 Å². The van der Waals surface area contributed by atoms with Crippen molar-refractivity contribution in [2.45, 2.75) is 11.2 Å². The highest BCUT2D eigenvalue weighted by atomic mass is 32.2. The van der Waals surface area contributed by atoms with E-state index in [1.165, 1.54) is 4.72 Å². The minimum absolute atomic E-state index is 0.541. The molecular formula is C8H7F3N2O4S.